The van der Waals surface area contributed by atoms with Crippen LogP contribution in [0.4, 0.5) is 5.82 Å². The molecule has 4 N–H and O–H groups in total. The van der Waals surface area contributed by atoms with Gasteiger partial charge in [0.25, 0.3) is 0 Å². The van der Waals surface area contributed by atoms with Gasteiger partial charge in [0.15, 0.2) is 26.5 Å². The summed E-state index contributed by atoms with van der Waals surface area (Å²) in [6, 6.07) is 6.09. The summed E-state index contributed by atoms with van der Waals surface area (Å²) in [5.74, 6) is 0.555. The molecule has 35 heavy (non-hydrogen) atoms. The Labute approximate surface area is 210 Å². The third-order valence-electron chi connectivity index (χ3n) is 4.86. The predicted octanol–water partition coefficient (Wildman–Crippen LogP) is 3.57. The van der Waals surface area contributed by atoms with E-state index in [1.807, 2.05) is 20.8 Å². The van der Waals surface area contributed by atoms with E-state index < -0.39 is 23.7 Å². The zero-order valence-corrected chi connectivity index (χ0v) is 22.8. The molecule has 0 aliphatic carbocycles. The molecule has 0 bridgehead atoms. The van der Waals surface area contributed by atoms with Crippen LogP contribution in [-0.2, 0) is 18.9 Å². The van der Waals surface area contributed by atoms with Crippen LogP contribution in [0.1, 0.15) is 38.0 Å². The molecule has 0 saturated carbocycles. The van der Waals surface area contributed by atoms with Crippen molar-refractivity contribution in [1.82, 2.24) is 15.0 Å². The molecule has 0 amide bonds. The second-order valence-electron chi connectivity index (χ2n) is 8.41. The molecule has 0 radical (unpaired) electrons. The van der Waals surface area contributed by atoms with Gasteiger partial charge in [-0.15, -0.1) is 0 Å². The van der Waals surface area contributed by atoms with E-state index in [0.29, 0.717) is 27.7 Å². The highest BCUT2D eigenvalue weighted by molar-refractivity contribution is 7.99. The Morgan fingerprint density at radius 1 is 1.20 bits per heavy atom. The Morgan fingerprint density at radius 2 is 1.86 bits per heavy atom. The van der Waals surface area contributed by atoms with Gasteiger partial charge in [-0.2, -0.15) is 0 Å². The number of nitrogens with one attached hydrogen (secondary N) is 2. The second-order valence-corrected chi connectivity index (χ2v) is 14.0. The van der Waals surface area contributed by atoms with E-state index in [4.69, 9.17) is 14.3 Å². The van der Waals surface area contributed by atoms with Crippen LogP contribution >= 0.6 is 30.9 Å². The zero-order chi connectivity index (χ0) is 26.0. The smallest absolute Gasteiger partial charge is 0.364 e. The fourth-order valence-corrected chi connectivity index (χ4v) is 5.94. The third-order valence-corrected chi connectivity index (χ3v) is 8.37. The van der Waals surface area contributed by atoms with Crippen molar-refractivity contribution in [3.8, 4) is 0 Å². The number of thiazole rings is 1. The monoisotopic (exact) mass is 562 g/mol. The highest BCUT2D eigenvalue weighted by Gasteiger charge is 2.22. The summed E-state index contributed by atoms with van der Waals surface area (Å²) in [7, 11) is -7.95. The largest absolute Gasteiger partial charge is 0.469 e. The Bertz CT molecular complexity index is 1380. The van der Waals surface area contributed by atoms with Crippen LogP contribution in [0.2, 0.25) is 0 Å². The lowest BCUT2D eigenvalue weighted by molar-refractivity contribution is 0.184. The molecule has 15 heteroatoms. The van der Waals surface area contributed by atoms with Crippen molar-refractivity contribution < 1.29 is 27.3 Å². The number of thioether (sulfide) groups is 1. The number of fused-ring (bicyclic) bond motifs is 1. The SMILES string of the molecule is CC(C)CC(COP(=O)(O)O)Nc1nc(SC(C)c2ccc(S(C)(=O)=O)cc2)nc2[nH]c(=O)sc12. The number of aromatic nitrogens is 3. The van der Waals surface area contributed by atoms with Gasteiger partial charge in [-0.25, -0.2) is 23.0 Å². The average Bonchev–Trinajstić information content (AvgIpc) is 3.11. The number of nitrogens with zero attached hydrogens (tertiary/aromatic N) is 2. The van der Waals surface area contributed by atoms with E-state index in [1.54, 1.807) is 24.3 Å². The molecule has 1 aromatic carbocycles. The van der Waals surface area contributed by atoms with Gasteiger partial charge in [0.2, 0.25) is 0 Å². The van der Waals surface area contributed by atoms with E-state index in [1.165, 1.54) is 11.8 Å². The highest BCUT2D eigenvalue weighted by Crippen LogP contribution is 2.37. The predicted molar refractivity (Wildman–Crippen MR) is 137 cm³/mol. The third kappa shape index (κ3) is 8.10. The Kier molecular flexibility index (Phi) is 8.79. The molecule has 0 fully saturated rings. The number of benzene rings is 1. The second kappa shape index (κ2) is 11.1. The van der Waals surface area contributed by atoms with Crippen molar-refractivity contribution in [3.63, 3.8) is 0 Å². The number of hydrogen-bond donors (Lipinski definition) is 4. The number of phosphoric acid groups is 1. The van der Waals surface area contributed by atoms with E-state index >= 15 is 0 Å². The summed E-state index contributed by atoms with van der Waals surface area (Å²) in [5, 5.41) is 3.40. The molecular formula is C20H27N4O7PS3. The van der Waals surface area contributed by atoms with Gasteiger partial charge >= 0.3 is 12.7 Å². The average molecular weight is 563 g/mol. The lowest BCUT2D eigenvalue weighted by atomic mass is 10.0. The lowest BCUT2D eigenvalue weighted by Crippen LogP contribution is -2.27. The fraction of sp³-hybridized carbons (Fsp3) is 0.450. The maximum Gasteiger partial charge on any atom is 0.469 e. The molecule has 2 heterocycles. The molecule has 0 spiro atoms. The van der Waals surface area contributed by atoms with Crippen LogP contribution in [-0.4, -0.2) is 52.1 Å². The minimum Gasteiger partial charge on any atom is -0.364 e. The first-order valence-corrected chi connectivity index (χ1v) is 15.7. The molecule has 2 atom stereocenters. The van der Waals surface area contributed by atoms with Crippen LogP contribution in [0.15, 0.2) is 39.1 Å². The number of sulfone groups is 1. The first-order valence-electron chi connectivity index (χ1n) is 10.6. The summed E-state index contributed by atoms with van der Waals surface area (Å²) in [4.78, 5) is 41.9. The van der Waals surface area contributed by atoms with Gasteiger partial charge in [-0.1, -0.05) is 49.1 Å². The van der Waals surface area contributed by atoms with E-state index in [0.717, 1.165) is 23.2 Å². The molecule has 0 aliphatic heterocycles. The number of hydrogen-bond acceptors (Lipinski definition) is 10. The zero-order valence-electron chi connectivity index (χ0n) is 19.5. The molecule has 0 saturated heterocycles. The Morgan fingerprint density at radius 3 is 2.43 bits per heavy atom. The molecule has 2 unspecified atom stereocenters. The quantitative estimate of drug-likeness (QED) is 0.153. The minimum absolute atomic E-state index is 0.135. The Hall–Kier alpha value is -1.80. The highest BCUT2D eigenvalue weighted by atomic mass is 32.2. The topological polar surface area (TPSA) is 172 Å². The van der Waals surface area contributed by atoms with E-state index in [2.05, 4.69) is 20.3 Å². The fourth-order valence-electron chi connectivity index (χ4n) is 3.31. The standard InChI is InChI=1S/C20H27N4O7PS3/c1-11(2)9-14(10-31-32(26,27)28)21-17-16-18(24-20(25)34-16)23-19(22-17)33-12(3)13-5-7-15(8-6-13)35(4,29)30/h5-8,11-12,14H,9-10H2,1-4H3,(H2,26,27,28)(H2,21,22,23,24,25). The molecule has 0 aliphatic rings. The number of rotatable bonds is 11. The first-order chi connectivity index (χ1) is 16.2. The number of anilines is 1. The summed E-state index contributed by atoms with van der Waals surface area (Å²) < 4.78 is 39.8. The van der Waals surface area contributed by atoms with Crippen molar-refractivity contribution in [2.45, 2.75) is 48.5 Å². The van der Waals surface area contributed by atoms with Gasteiger partial charge in [0.05, 0.1) is 17.5 Å². The van der Waals surface area contributed by atoms with Gasteiger partial charge in [0.1, 0.15) is 4.70 Å². The number of aromatic amines is 1. The van der Waals surface area contributed by atoms with Crippen molar-refractivity contribution >= 4 is 56.9 Å². The maximum atomic E-state index is 12.0. The van der Waals surface area contributed by atoms with Gasteiger partial charge < -0.3 is 15.1 Å². The van der Waals surface area contributed by atoms with Gasteiger partial charge in [0, 0.05) is 11.5 Å². The van der Waals surface area contributed by atoms with Crippen LogP contribution in [0.5, 0.6) is 0 Å². The lowest BCUT2D eigenvalue weighted by Gasteiger charge is -2.22. The van der Waals surface area contributed by atoms with Crippen LogP contribution in [0.25, 0.3) is 10.3 Å². The van der Waals surface area contributed by atoms with Crippen LogP contribution in [0.3, 0.4) is 0 Å². The summed E-state index contributed by atoms with van der Waals surface area (Å²) in [5.41, 5.74) is 1.21. The molecule has 192 valence electrons. The molecule has 11 nitrogen and oxygen atoms in total. The molecule has 3 rings (SSSR count). The Balaban J connectivity index is 1.89. The number of H-pyrrole nitrogens is 1. The number of phosphoric ester groups is 1. The molecule has 2 aromatic heterocycles. The molecule has 3 aromatic rings. The van der Waals surface area contributed by atoms with Crippen LogP contribution < -0.4 is 10.2 Å². The van der Waals surface area contributed by atoms with Crippen LogP contribution in [0, 0.1) is 5.92 Å². The maximum absolute atomic E-state index is 12.0. The van der Waals surface area contributed by atoms with Gasteiger partial charge in [-0.3, -0.25) is 14.3 Å². The van der Waals surface area contributed by atoms with Crippen molar-refractivity contribution in [2.75, 3.05) is 18.2 Å². The van der Waals surface area contributed by atoms with Crippen molar-refractivity contribution in [3.05, 3.63) is 39.5 Å². The van der Waals surface area contributed by atoms with E-state index in [9.17, 15) is 17.8 Å². The van der Waals surface area contributed by atoms with Crippen molar-refractivity contribution in [2.24, 2.45) is 5.92 Å². The first kappa shape index (κ1) is 27.8. The summed E-state index contributed by atoms with van der Waals surface area (Å²) >= 11 is 2.25. The van der Waals surface area contributed by atoms with E-state index in [-0.39, 0.29) is 27.5 Å². The molecular weight excluding hydrogens is 535 g/mol. The normalized spacial score (nSPS) is 14.4. The summed E-state index contributed by atoms with van der Waals surface area (Å²) in [6.07, 6.45) is 1.69. The summed E-state index contributed by atoms with van der Waals surface area (Å²) in [6.45, 7) is 5.61. The minimum atomic E-state index is -4.66. The van der Waals surface area contributed by atoms with Gasteiger partial charge in [-0.05, 0) is 37.0 Å². The van der Waals surface area contributed by atoms with Crippen molar-refractivity contribution in [1.29, 1.82) is 0 Å².